The van der Waals surface area contributed by atoms with Crippen molar-refractivity contribution in [2.75, 3.05) is 5.32 Å². The van der Waals surface area contributed by atoms with Crippen molar-refractivity contribution in [1.82, 2.24) is 9.78 Å². The number of amides is 1. The predicted octanol–water partition coefficient (Wildman–Crippen LogP) is 4.23. The zero-order valence-electron chi connectivity index (χ0n) is 12.4. The van der Waals surface area contributed by atoms with Crippen LogP contribution < -0.4 is 5.32 Å². The van der Waals surface area contributed by atoms with Crippen LogP contribution in [-0.4, -0.2) is 15.7 Å². The van der Waals surface area contributed by atoms with Crippen LogP contribution in [0.25, 0.3) is 0 Å². The molecule has 0 aliphatic carbocycles. The third-order valence-corrected chi connectivity index (χ3v) is 3.84. The van der Waals surface area contributed by atoms with Crippen LogP contribution in [0, 0.1) is 19.7 Å². The normalized spacial score (nSPS) is 11.0. The smallest absolute Gasteiger partial charge is 0.255 e. The predicted molar refractivity (Wildman–Crippen MR) is 84.1 cm³/mol. The van der Waals surface area contributed by atoms with Crippen molar-refractivity contribution in [3.63, 3.8) is 0 Å². The molecule has 0 bridgehead atoms. The van der Waals surface area contributed by atoms with Crippen LogP contribution in [0.4, 0.5) is 10.1 Å². The maximum absolute atomic E-state index is 13.2. The number of rotatable bonds is 3. The van der Waals surface area contributed by atoms with Gasteiger partial charge in [0.15, 0.2) is 0 Å². The number of hydrogen-bond acceptors (Lipinski definition) is 2. The van der Waals surface area contributed by atoms with Gasteiger partial charge < -0.3 is 5.32 Å². The second-order valence-corrected chi connectivity index (χ2v) is 6.02. The molecule has 21 heavy (non-hydrogen) atoms. The average molecular weight is 354 g/mol. The van der Waals surface area contributed by atoms with E-state index < -0.39 is 5.82 Å². The average Bonchev–Trinajstić information content (AvgIpc) is 2.70. The van der Waals surface area contributed by atoms with Crippen molar-refractivity contribution >= 4 is 27.5 Å². The van der Waals surface area contributed by atoms with Gasteiger partial charge in [0, 0.05) is 11.6 Å². The van der Waals surface area contributed by atoms with Crippen LogP contribution in [0.5, 0.6) is 0 Å². The summed E-state index contributed by atoms with van der Waals surface area (Å²) in [4.78, 5) is 12.3. The van der Waals surface area contributed by atoms with Gasteiger partial charge in [0.2, 0.25) is 0 Å². The molecule has 6 heteroatoms. The van der Waals surface area contributed by atoms with Gasteiger partial charge in [-0.25, -0.2) is 4.39 Å². The molecule has 4 nitrogen and oxygen atoms in total. The highest BCUT2D eigenvalue weighted by Gasteiger charge is 2.17. The van der Waals surface area contributed by atoms with Gasteiger partial charge in [0.1, 0.15) is 5.82 Å². The van der Waals surface area contributed by atoms with Crippen molar-refractivity contribution < 1.29 is 9.18 Å². The van der Waals surface area contributed by atoms with E-state index in [0.29, 0.717) is 11.3 Å². The molecule has 0 saturated carbocycles. The van der Waals surface area contributed by atoms with Gasteiger partial charge >= 0.3 is 0 Å². The number of halogens is 2. The Bertz CT molecular complexity index is 694. The van der Waals surface area contributed by atoms with Crippen LogP contribution in [-0.2, 0) is 0 Å². The number of nitrogens with one attached hydrogen (secondary N) is 1. The number of aromatic nitrogens is 2. The number of anilines is 1. The lowest BCUT2D eigenvalue weighted by atomic mass is 10.2. The van der Waals surface area contributed by atoms with Crippen LogP contribution in [0.15, 0.2) is 22.7 Å². The number of benzene rings is 1. The van der Waals surface area contributed by atoms with Crippen LogP contribution in [0.3, 0.4) is 0 Å². The Morgan fingerprint density at radius 2 is 2.05 bits per heavy atom. The highest BCUT2D eigenvalue weighted by molar-refractivity contribution is 9.10. The number of nitrogens with zero attached hydrogens (tertiary/aromatic N) is 2. The highest BCUT2D eigenvalue weighted by Crippen LogP contribution is 2.24. The minimum Gasteiger partial charge on any atom is -0.319 e. The molecule has 2 rings (SSSR count). The summed E-state index contributed by atoms with van der Waals surface area (Å²) >= 11 is 3.08. The Hall–Kier alpha value is -1.69. The molecule has 0 saturated heterocycles. The van der Waals surface area contributed by atoms with E-state index in [1.165, 1.54) is 18.2 Å². The highest BCUT2D eigenvalue weighted by atomic mass is 79.9. The number of carbonyl (C=O) groups excluding carboxylic acids is 1. The fourth-order valence-electron chi connectivity index (χ4n) is 2.17. The maximum atomic E-state index is 13.2. The Morgan fingerprint density at radius 1 is 1.38 bits per heavy atom. The minimum atomic E-state index is -0.397. The summed E-state index contributed by atoms with van der Waals surface area (Å²) in [7, 11) is 0. The largest absolute Gasteiger partial charge is 0.319 e. The molecule has 1 aromatic heterocycles. The van der Waals surface area contributed by atoms with E-state index in [1.54, 1.807) is 0 Å². The molecule has 1 N–H and O–H groups in total. The fourth-order valence-corrected chi connectivity index (χ4v) is 2.55. The summed E-state index contributed by atoms with van der Waals surface area (Å²) in [6.07, 6.45) is 0. The van der Waals surface area contributed by atoms with Crippen molar-refractivity contribution in [1.29, 1.82) is 0 Å². The van der Waals surface area contributed by atoms with Crippen LogP contribution in [0.2, 0.25) is 0 Å². The van der Waals surface area contributed by atoms with E-state index in [4.69, 9.17) is 0 Å². The van der Waals surface area contributed by atoms with E-state index >= 15 is 0 Å². The molecule has 2 aromatic rings. The quantitative estimate of drug-likeness (QED) is 0.897. The lowest BCUT2D eigenvalue weighted by molar-refractivity contribution is 0.102. The third kappa shape index (κ3) is 3.15. The Morgan fingerprint density at radius 3 is 2.57 bits per heavy atom. The Balaban J connectivity index is 2.29. The second kappa shape index (κ2) is 5.97. The summed E-state index contributed by atoms with van der Waals surface area (Å²) in [6, 6.07) is 4.39. The first kappa shape index (κ1) is 15.7. The van der Waals surface area contributed by atoms with E-state index in [-0.39, 0.29) is 16.4 Å². The van der Waals surface area contributed by atoms with Crippen molar-refractivity contribution in [2.45, 2.75) is 33.7 Å². The minimum absolute atomic E-state index is 0.217. The lowest BCUT2D eigenvalue weighted by Gasteiger charge is -2.09. The molecule has 1 heterocycles. The summed E-state index contributed by atoms with van der Waals surface area (Å²) in [5.41, 5.74) is 2.75. The molecule has 112 valence electrons. The maximum Gasteiger partial charge on any atom is 0.255 e. The molecule has 1 aromatic carbocycles. The van der Waals surface area contributed by atoms with Crippen molar-refractivity contribution in [3.8, 4) is 0 Å². The Labute approximate surface area is 131 Å². The molecule has 0 radical (unpaired) electrons. The first-order chi connectivity index (χ1) is 9.81. The van der Waals surface area contributed by atoms with E-state index in [9.17, 15) is 9.18 Å². The van der Waals surface area contributed by atoms with Gasteiger partial charge in [-0.2, -0.15) is 5.10 Å². The molecule has 0 aliphatic heterocycles. The van der Waals surface area contributed by atoms with Gasteiger partial charge in [-0.1, -0.05) is 0 Å². The molecule has 1 amide bonds. The summed E-state index contributed by atoms with van der Waals surface area (Å²) in [6.45, 7) is 7.82. The van der Waals surface area contributed by atoms with E-state index in [2.05, 4.69) is 26.3 Å². The van der Waals surface area contributed by atoms with Gasteiger partial charge in [-0.3, -0.25) is 9.48 Å². The lowest BCUT2D eigenvalue weighted by Crippen LogP contribution is -2.13. The number of aryl methyl sites for hydroxylation is 1. The molecule has 0 aliphatic rings. The first-order valence-corrected chi connectivity index (χ1v) is 7.42. The van der Waals surface area contributed by atoms with Crippen molar-refractivity contribution in [3.05, 3.63) is 45.4 Å². The first-order valence-electron chi connectivity index (χ1n) is 6.63. The number of carbonyl (C=O) groups is 1. The molecular weight excluding hydrogens is 337 g/mol. The second-order valence-electron chi connectivity index (χ2n) is 5.17. The van der Waals surface area contributed by atoms with E-state index in [1.807, 2.05) is 32.4 Å². The molecule has 0 atom stereocenters. The Kier molecular flexibility index (Phi) is 4.46. The zero-order valence-corrected chi connectivity index (χ0v) is 14.0. The molecule has 0 spiro atoms. The van der Waals surface area contributed by atoms with Crippen molar-refractivity contribution in [2.24, 2.45) is 0 Å². The standard InChI is InChI=1S/C15H17BrFN3O/c1-8(2)20-10(4)14(9(3)19-20)18-15(21)11-5-6-13(17)12(16)7-11/h5-8H,1-4H3,(H,18,21). The van der Waals surface area contributed by atoms with Gasteiger partial charge in [0.05, 0.1) is 21.5 Å². The van der Waals surface area contributed by atoms with E-state index in [0.717, 1.165) is 11.4 Å². The summed E-state index contributed by atoms with van der Waals surface area (Å²) in [5.74, 6) is -0.684. The number of hydrogen-bond donors (Lipinski definition) is 1. The van der Waals surface area contributed by atoms with Gasteiger partial charge in [-0.15, -0.1) is 0 Å². The summed E-state index contributed by atoms with van der Waals surface area (Å²) < 4.78 is 15.3. The summed E-state index contributed by atoms with van der Waals surface area (Å²) in [5, 5.41) is 7.27. The third-order valence-electron chi connectivity index (χ3n) is 3.23. The fraction of sp³-hybridized carbons (Fsp3) is 0.333. The molecule has 0 unspecified atom stereocenters. The van der Waals surface area contributed by atoms with Crippen LogP contribution >= 0.6 is 15.9 Å². The topological polar surface area (TPSA) is 46.9 Å². The monoisotopic (exact) mass is 353 g/mol. The van der Waals surface area contributed by atoms with Crippen LogP contribution in [0.1, 0.15) is 41.6 Å². The van der Waals surface area contributed by atoms with Gasteiger partial charge in [0.25, 0.3) is 5.91 Å². The SMILES string of the molecule is Cc1nn(C(C)C)c(C)c1NC(=O)c1ccc(F)c(Br)c1. The van der Waals surface area contributed by atoms with Gasteiger partial charge in [-0.05, 0) is 61.8 Å². The molecular formula is C15H17BrFN3O. The zero-order chi connectivity index (χ0) is 15.7. The molecule has 0 fully saturated rings.